The van der Waals surface area contributed by atoms with Crippen molar-refractivity contribution in [1.29, 1.82) is 0 Å². The molecule has 0 fully saturated rings. The average Bonchev–Trinajstić information content (AvgIpc) is 2.69. The Balaban J connectivity index is 1.96. The van der Waals surface area contributed by atoms with E-state index in [0.29, 0.717) is 20.1 Å². The molecule has 29 heavy (non-hydrogen) atoms. The molecule has 0 unspecified atom stereocenters. The molecule has 0 aromatic heterocycles. The summed E-state index contributed by atoms with van der Waals surface area (Å²) in [5.41, 5.74) is 0.688. The molecule has 0 aliphatic carbocycles. The summed E-state index contributed by atoms with van der Waals surface area (Å²) >= 11 is 6.56. The molecule has 0 amide bonds. The standard InChI is InChI=1S/C20H18Br2O7/c1-13(23)28-12-29-14(10-26-19(24)15-6-2-4-8-17(15)21)11-27-20(25)16-7-3-5-9-18(16)22/h2-9,14H,10-12H2,1H3. The molecule has 0 atom stereocenters. The Morgan fingerprint density at radius 1 is 0.793 bits per heavy atom. The first kappa shape index (κ1) is 23.1. The van der Waals surface area contributed by atoms with E-state index in [9.17, 15) is 14.4 Å². The van der Waals surface area contributed by atoms with Crippen LogP contribution in [0, 0.1) is 0 Å². The number of hydrogen-bond donors (Lipinski definition) is 0. The topological polar surface area (TPSA) is 88.1 Å². The minimum Gasteiger partial charge on any atom is -0.459 e. The van der Waals surface area contributed by atoms with E-state index in [4.69, 9.17) is 18.9 Å². The molecule has 154 valence electrons. The van der Waals surface area contributed by atoms with Gasteiger partial charge in [-0.2, -0.15) is 0 Å². The van der Waals surface area contributed by atoms with Gasteiger partial charge in [0.25, 0.3) is 0 Å². The second-order valence-corrected chi connectivity index (χ2v) is 7.41. The molecule has 2 rings (SSSR count). The fourth-order valence-electron chi connectivity index (χ4n) is 2.10. The van der Waals surface area contributed by atoms with E-state index in [-0.39, 0.29) is 20.0 Å². The van der Waals surface area contributed by atoms with Gasteiger partial charge in [0.2, 0.25) is 0 Å². The Bertz CT molecular complexity index is 808. The summed E-state index contributed by atoms with van der Waals surface area (Å²) in [6, 6.07) is 13.6. The fraction of sp³-hybridized carbons (Fsp3) is 0.250. The lowest BCUT2D eigenvalue weighted by Gasteiger charge is -2.18. The van der Waals surface area contributed by atoms with Crippen LogP contribution in [0.15, 0.2) is 57.5 Å². The number of halogens is 2. The SMILES string of the molecule is CC(=O)OCOC(COC(=O)c1ccccc1Br)COC(=O)c1ccccc1Br. The molecular weight excluding hydrogens is 512 g/mol. The van der Waals surface area contributed by atoms with Crippen LogP contribution >= 0.6 is 31.9 Å². The average molecular weight is 530 g/mol. The maximum absolute atomic E-state index is 12.2. The summed E-state index contributed by atoms with van der Waals surface area (Å²) < 4.78 is 21.8. The van der Waals surface area contributed by atoms with Gasteiger partial charge in [-0.05, 0) is 56.1 Å². The van der Waals surface area contributed by atoms with Crippen LogP contribution in [0.5, 0.6) is 0 Å². The van der Waals surface area contributed by atoms with E-state index in [2.05, 4.69) is 31.9 Å². The van der Waals surface area contributed by atoms with Crippen molar-refractivity contribution in [2.75, 3.05) is 20.0 Å². The van der Waals surface area contributed by atoms with Crippen LogP contribution in [-0.2, 0) is 23.7 Å². The van der Waals surface area contributed by atoms with Gasteiger partial charge in [0.05, 0.1) is 11.1 Å². The summed E-state index contributed by atoms with van der Waals surface area (Å²) in [6.45, 7) is 0.465. The predicted octanol–water partition coefficient (Wildman–Crippen LogP) is 4.13. The Morgan fingerprint density at radius 3 is 1.66 bits per heavy atom. The largest absolute Gasteiger partial charge is 0.459 e. The van der Waals surface area contributed by atoms with Gasteiger partial charge < -0.3 is 18.9 Å². The van der Waals surface area contributed by atoms with Crippen molar-refractivity contribution in [3.05, 3.63) is 68.6 Å². The molecule has 2 aromatic carbocycles. The van der Waals surface area contributed by atoms with Crippen molar-refractivity contribution in [3.63, 3.8) is 0 Å². The van der Waals surface area contributed by atoms with Gasteiger partial charge in [0.1, 0.15) is 19.3 Å². The molecule has 0 heterocycles. The third kappa shape index (κ3) is 7.60. The van der Waals surface area contributed by atoms with Crippen molar-refractivity contribution in [2.24, 2.45) is 0 Å². The van der Waals surface area contributed by atoms with Gasteiger partial charge in [-0.15, -0.1) is 0 Å². The van der Waals surface area contributed by atoms with Crippen molar-refractivity contribution in [3.8, 4) is 0 Å². The minimum atomic E-state index is -0.827. The molecule has 0 bridgehead atoms. The van der Waals surface area contributed by atoms with Crippen LogP contribution in [-0.4, -0.2) is 44.0 Å². The predicted molar refractivity (Wildman–Crippen MR) is 110 cm³/mol. The zero-order chi connectivity index (χ0) is 21.2. The Hall–Kier alpha value is -2.23. The Morgan fingerprint density at radius 2 is 1.24 bits per heavy atom. The molecule has 0 saturated heterocycles. The molecule has 0 radical (unpaired) electrons. The monoisotopic (exact) mass is 528 g/mol. The Kier molecular flexibility index (Phi) is 9.30. The van der Waals surface area contributed by atoms with E-state index in [1.54, 1.807) is 48.5 Å². The molecule has 0 aliphatic rings. The number of carbonyl (C=O) groups is 3. The van der Waals surface area contributed by atoms with Gasteiger partial charge >= 0.3 is 17.9 Å². The molecule has 9 heteroatoms. The number of hydrogen-bond acceptors (Lipinski definition) is 7. The van der Waals surface area contributed by atoms with Crippen LogP contribution in [0.1, 0.15) is 27.6 Å². The van der Waals surface area contributed by atoms with E-state index >= 15 is 0 Å². The highest BCUT2D eigenvalue weighted by atomic mass is 79.9. The fourth-order valence-corrected chi connectivity index (χ4v) is 3.00. The molecule has 2 aromatic rings. The zero-order valence-electron chi connectivity index (χ0n) is 15.4. The lowest BCUT2D eigenvalue weighted by molar-refractivity contribution is -0.162. The highest BCUT2D eigenvalue weighted by Crippen LogP contribution is 2.18. The lowest BCUT2D eigenvalue weighted by atomic mass is 10.2. The number of rotatable bonds is 9. The first-order chi connectivity index (χ1) is 13.9. The van der Waals surface area contributed by atoms with Crippen molar-refractivity contribution in [2.45, 2.75) is 13.0 Å². The number of esters is 3. The number of ether oxygens (including phenoxy) is 4. The van der Waals surface area contributed by atoms with Crippen LogP contribution in [0.4, 0.5) is 0 Å². The Labute approximate surface area is 184 Å². The quantitative estimate of drug-likeness (QED) is 0.274. The molecular formula is C20H18Br2O7. The number of benzene rings is 2. The molecule has 7 nitrogen and oxygen atoms in total. The summed E-state index contributed by atoms with van der Waals surface area (Å²) in [6.07, 6.45) is -0.827. The first-order valence-electron chi connectivity index (χ1n) is 8.46. The summed E-state index contributed by atoms with van der Waals surface area (Å²) in [5, 5.41) is 0. The smallest absolute Gasteiger partial charge is 0.339 e. The summed E-state index contributed by atoms with van der Waals surface area (Å²) in [7, 11) is 0. The normalized spacial score (nSPS) is 10.5. The maximum atomic E-state index is 12.2. The van der Waals surface area contributed by atoms with Gasteiger partial charge in [0.15, 0.2) is 6.79 Å². The van der Waals surface area contributed by atoms with E-state index in [1.165, 1.54) is 6.92 Å². The maximum Gasteiger partial charge on any atom is 0.339 e. The van der Waals surface area contributed by atoms with E-state index in [1.807, 2.05) is 0 Å². The van der Waals surface area contributed by atoms with E-state index < -0.39 is 24.0 Å². The second kappa shape index (κ2) is 11.7. The molecule has 0 spiro atoms. The van der Waals surface area contributed by atoms with Crippen molar-refractivity contribution in [1.82, 2.24) is 0 Å². The van der Waals surface area contributed by atoms with Crippen LogP contribution in [0.3, 0.4) is 0 Å². The third-order valence-electron chi connectivity index (χ3n) is 3.55. The molecule has 0 aliphatic heterocycles. The molecule has 0 saturated carbocycles. The highest BCUT2D eigenvalue weighted by Gasteiger charge is 2.19. The van der Waals surface area contributed by atoms with Crippen LogP contribution in [0.2, 0.25) is 0 Å². The second-order valence-electron chi connectivity index (χ2n) is 5.70. The van der Waals surface area contributed by atoms with Crippen LogP contribution < -0.4 is 0 Å². The first-order valence-corrected chi connectivity index (χ1v) is 10.1. The lowest BCUT2D eigenvalue weighted by Crippen LogP contribution is -2.30. The van der Waals surface area contributed by atoms with E-state index in [0.717, 1.165) is 0 Å². The van der Waals surface area contributed by atoms with Gasteiger partial charge in [-0.1, -0.05) is 24.3 Å². The van der Waals surface area contributed by atoms with Gasteiger partial charge in [0, 0.05) is 15.9 Å². The van der Waals surface area contributed by atoms with Crippen LogP contribution in [0.25, 0.3) is 0 Å². The molecule has 0 N–H and O–H groups in total. The minimum absolute atomic E-state index is 0.204. The highest BCUT2D eigenvalue weighted by molar-refractivity contribution is 9.10. The van der Waals surface area contributed by atoms with Crippen molar-refractivity contribution >= 4 is 49.8 Å². The third-order valence-corrected chi connectivity index (χ3v) is 4.94. The number of carbonyl (C=O) groups excluding carboxylic acids is 3. The van der Waals surface area contributed by atoms with Gasteiger partial charge in [-0.3, -0.25) is 4.79 Å². The van der Waals surface area contributed by atoms with Gasteiger partial charge in [-0.25, -0.2) is 9.59 Å². The zero-order valence-corrected chi connectivity index (χ0v) is 18.6. The van der Waals surface area contributed by atoms with Crippen molar-refractivity contribution < 1.29 is 33.3 Å². The summed E-state index contributed by atoms with van der Waals surface area (Å²) in [4.78, 5) is 35.4. The summed E-state index contributed by atoms with van der Waals surface area (Å²) in [5.74, 6) is -1.68.